The number of hydrogen-bond donors (Lipinski definition) is 2. The summed E-state index contributed by atoms with van der Waals surface area (Å²) in [7, 11) is 0. The summed E-state index contributed by atoms with van der Waals surface area (Å²) >= 11 is 0. The molecule has 3 aliphatic rings. The second-order valence-corrected chi connectivity index (χ2v) is 6.41. The van der Waals surface area contributed by atoms with Crippen LogP contribution >= 0.6 is 0 Å². The first kappa shape index (κ1) is 11.5. The number of carbonyl (C=O) groups excluding carboxylic acids is 1. The van der Waals surface area contributed by atoms with Gasteiger partial charge in [-0.05, 0) is 69.7 Å². The molecular formula is C14H24N2O. The summed E-state index contributed by atoms with van der Waals surface area (Å²) in [5.41, 5.74) is -0.294. The highest BCUT2D eigenvalue weighted by Gasteiger charge is 2.42. The lowest BCUT2D eigenvalue weighted by atomic mass is 9.95. The maximum Gasteiger partial charge on any atom is 0.240 e. The highest BCUT2D eigenvalue weighted by molar-refractivity contribution is 5.86. The lowest BCUT2D eigenvalue weighted by Gasteiger charge is -2.25. The van der Waals surface area contributed by atoms with Gasteiger partial charge >= 0.3 is 0 Å². The summed E-state index contributed by atoms with van der Waals surface area (Å²) in [4.78, 5) is 12.2. The Morgan fingerprint density at radius 2 is 2.00 bits per heavy atom. The van der Waals surface area contributed by atoms with Gasteiger partial charge in [0, 0.05) is 6.54 Å². The van der Waals surface area contributed by atoms with Gasteiger partial charge in [0.1, 0.15) is 0 Å². The second-order valence-electron chi connectivity index (χ2n) is 6.41. The number of amides is 1. The molecule has 96 valence electrons. The molecule has 1 amide bonds. The summed E-state index contributed by atoms with van der Waals surface area (Å²) in [6, 6.07) is 0. The highest BCUT2D eigenvalue weighted by Crippen LogP contribution is 2.48. The Hall–Kier alpha value is -0.570. The van der Waals surface area contributed by atoms with E-state index in [0.717, 1.165) is 43.7 Å². The molecule has 2 saturated carbocycles. The molecule has 3 heteroatoms. The van der Waals surface area contributed by atoms with Gasteiger partial charge in [-0.15, -0.1) is 0 Å². The smallest absolute Gasteiger partial charge is 0.240 e. The van der Waals surface area contributed by atoms with Gasteiger partial charge in [-0.2, -0.15) is 0 Å². The van der Waals surface area contributed by atoms with Gasteiger partial charge in [0.2, 0.25) is 5.91 Å². The lowest BCUT2D eigenvalue weighted by molar-refractivity contribution is -0.126. The molecule has 3 rings (SSSR count). The molecule has 0 spiro atoms. The van der Waals surface area contributed by atoms with Gasteiger partial charge < -0.3 is 10.6 Å². The summed E-state index contributed by atoms with van der Waals surface area (Å²) in [5.74, 6) is 2.85. The van der Waals surface area contributed by atoms with Crippen molar-refractivity contribution in [3.05, 3.63) is 0 Å². The van der Waals surface area contributed by atoms with Gasteiger partial charge in [-0.1, -0.05) is 0 Å². The maximum absolute atomic E-state index is 12.2. The van der Waals surface area contributed by atoms with Gasteiger partial charge in [0.25, 0.3) is 0 Å². The average molecular weight is 236 g/mol. The average Bonchev–Trinajstić information content (AvgIpc) is 3.21. The van der Waals surface area contributed by atoms with Crippen LogP contribution in [0.2, 0.25) is 0 Å². The SMILES string of the molecule is CC1(C(=O)NCC(C2CC2)C2CC2)CCCN1. The summed E-state index contributed by atoms with van der Waals surface area (Å²) < 4.78 is 0. The molecule has 17 heavy (non-hydrogen) atoms. The molecule has 0 aromatic heterocycles. The van der Waals surface area contributed by atoms with E-state index < -0.39 is 0 Å². The molecule has 0 aromatic rings. The Morgan fingerprint density at radius 3 is 2.47 bits per heavy atom. The monoisotopic (exact) mass is 236 g/mol. The summed E-state index contributed by atoms with van der Waals surface area (Å²) in [5, 5.41) is 6.54. The predicted molar refractivity (Wildman–Crippen MR) is 67.6 cm³/mol. The van der Waals surface area contributed by atoms with Crippen LogP contribution < -0.4 is 10.6 Å². The molecule has 0 radical (unpaired) electrons. The Balaban J connectivity index is 1.50. The molecule has 1 saturated heterocycles. The van der Waals surface area contributed by atoms with Crippen LogP contribution in [0.5, 0.6) is 0 Å². The van der Waals surface area contributed by atoms with E-state index >= 15 is 0 Å². The minimum atomic E-state index is -0.294. The topological polar surface area (TPSA) is 41.1 Å². The zero-order chi connectivity index (χ0) is 11.9. The van der Waals surface area contributed by atoms with Crippen LogP contribution in [0.3, 0.4) is 0 Å². The van der Waals surface area contributed by atoms with Gasteiger partial charge in [-0.3, -0.25) is 4.79 Å². The van der Waals surface area contributed by atoms with Crippen LogP contribution in [-0.2, 0) is 4.79 Å². The van der Waals surface area contributed by atoms with Crippen molar-refractivity contribution in [2.24, 2.45) is 17.8 Å². The molecule has 2 N–H and O–H groups in total. The fourth-order valence-corrected chi connectivity index (χ4v) is 3.26. The van der Waals surface area contributed by atoms with Crippen molar-refractivity contribution in [3.8, 4) is 0 Å². The van der Waals surface area contributed by atoms with Crippen molar-refractivity contribution in [2.75, 3.05) is 13.1 Å². The quantitative estimate of drug-likeness (QED) is 0.762. The molecule has 0 aromatic carbocycles. The fraction of sp³-hybridized carbons (Fsp3) is 0.929. The van der Waals surface area contributed by atoms with Crippen molar-refractivity contribution in [2.45, 2.75) is 51.0 Å². The molecule has 3 nitrogen and oxygen atoms in total. The van der Waals surface area contributed by atoms with E-state index in [2.05, 4.69) is 10.6 Å². The molecular weight excluding hydrogens is 212 g/mol. The Morgan fingerprint density at radius 1 is 1.35 bits per heavy atom. The molecule has 1 atom stereocenters. The minimum Gasteiger partial charge on any atom is -0.354 e. The van der Waals surface area contributed by atoms with Gasteiger partial charge in [0.15, 0.2) is 0 Å². The predicted octanol–water partition coefficient (Wildman–Crippen LogP) is 1.68. The van der Waals surface area contributed by atoms with Gasteiger partial charge in [0.05, 0.1) is 5.54 Å². The number of nitrogens with one attached hydrogen (secondary N) is 2. The third-order valence-electron chi connectivity index (χ3n) is 4.82. The third kappa shape index (κ3) is 2.49. The first-order valence-electron chi connectivity index (χ1n) is 7.22. The van der Waals surface area contributed by atoms with Crippen LogP contribution in [0.4, 0.5) is 0 Å². The zero-order valence-corrected chi connectivity index (χ0v) is 10.8. The highest BCUT2D eigenvalue weighted by atomic mass is 16.2. The zero-order valence-electron chi connectivity index (χ0n) is 10.8. The largest absolute Gasteiger partial charge is 0.354 e. The standard InChI is InChI=1S/C14H24N2O/c1-14(7-2-8-16-14)13(17)15-9-12(10-3-4-10)11-5-6-11/h10-12,16H,2-9H2,1H3,(H,15,17). The van der Waals surface area contributed by atoms with E-state index in [4.69, 9.17) is 0 Å². The summed E-state index contributed by atoms with van der Waals surface area (Å²) in [6.45, 7) is 3.95. The normalized spacial score (nSPS) is 33.1. The van der Waals surface area contributed by atoms with Crippen molar-refractivity contribution < 1.29 is 4.79 Å². The first-order valence-corrected chi connectivity index (χ1v) is 7.22. The Bertz CT molecular complexity index is 289. The van der Waals surface area contributed by atoms with Crippen molar-refractivity contribution in [1.82, 2.24) is 10.6 Å². The first-order chi connectivity index (χ1) is 8.19. The van der Waals surface area contributed by atoms with Crippen LogP contribution in [0.25, 0.3) is 0 Å². The van der Waals surface area contributed by atoms with Crippen molar-refractivity contribution in [1.29, 1.82) is 0 Å². The van der Waals surface area contributed by atoms with Crippen LogP contribution in [0.1, 0.15) is 45.4 Å². The van der Waals surface area contributed by atoms with E-state index in [0.29, 0.717) is 0 Å². The molecule has 1 unspecified atom stereocenters. The Labute approximate surface area is 104 Å². The number of carbonyl (C=O) groups is 1. The van der Waals surface area contributed by atoms with E-state index in [-0.39, 0.29) is 11.4 Å². The van der Waals surface area contributed by atoms with E-state index in [1.165, 1.54) is 25.7 Å². The van der Waals surface area contributed by atoms with E-state index in [9.17, 15) is 4.79 Å². The van der Waals surface area contributed by atoms with E-state index in [1.807, 2.05) is 6.92 Å². The molecule has 1 heterocycles. The second kappa shape index (κ2) is 4.27. The Kier molecular flexibility index (Phi) is 2.89. The minimum absolute atomic E-state index is 0.223. The third-order valence-corrected chi connectivity index (χ3v) is 4.82. The van der Waals surface area contributed by atoms with Crippen LogP contribution in [-0.4, -0.2) is 24.5 Å². The molecule has 0 bridgehead atoms. The van der Waals surface area contributed by atoms with Crippen molar-refractivity contribution >= 4 is 5.91 Å². The molecule has 3 fully saturated rings. The van der Waals surface area contributed by atoms with E-state index in [1.54, 1.807) is 0 Å². The van der Waals surface area contributed by atoms with Crippen molar-refractivity contribution in [3.63, 3.8) is 0 Å². The molecule has 2 aliphatic carbocycles. The number of rotatable bonds is 5. The maximum atomic E-state index is 12.2. The number of hydrogen-bond acceptors (Lipinski definition) is 2. The fourth-order valence-electron chi connectivity index (χ4n) is 3.26. The lowest BCUT2D eigenvalue weighted by Crippen LogP contribution is -2.52. The van der Waals surface area contributed by atoms with Gasteiger partial charge in [-0.25, -0.2) is 0 Å². The van der Waals surface area contributed by atoms with Crippen LogP contribution in [0.15, 0.2) is 0 Å². The van der Waals surface area contributed by atoms with Crippen LogP contribution in [0, 0.1) is 17.8 Å². The molecule has 1 aliphatic heterocycles. The summed E-state index contributed by atoms with van der Waals surface area (Å²) in [6.07, 6.45) is 7.69.